The largest absolute Gasteiger partial charge is 0.455 e. The minimum absolute atomic E-state index is 0.0345. The SMILES string of the molecule is CC(C)(C)c1ccc(C(=O)Nc2cc3nc(C4CCCCC4)[nH]c3cc2Oc2ccccc2)cc1. The van der Waals surface area contributed by atoms with E-state index < -0.39 is 0 Å². The van der Waals surface area contributed by atoms with Gasteiger partial charge in [0, 0.05) is 17.5 Å². The van der Waals surface area contributed by atoms with Crippen LogP contribution in [0.3, 0.4) is 0 Å². The Bertz CT molecular complexity index is 1310. The Kier molecular flexibility index (Phi) is 6.33. The number of nitrogens with one attached hydrogen (secondary N) is 2. The number of carbonyl (C=O) groups excluding carboxylic acids is 1. The molecule has 5 nitrogen and oxygen atoms in total. The van der Waals surface area contributed by atoms with Crippen LogP contribution in [-0.4, -0.2) is 15.9 Å². The molecule has 5 heteroatoms. The lowest BCUT2D eigenvalue weighted by molar-refractivity contribution is 0.102. The molecule has 1 heterocycles. The minimum atomic E-state index is -0.175. The smallest absolute Gasteiger partial charge is 0.255 e. The Labute approximate surface area is 206 Å². The molecule has 0 saturated heterocycles. The second-order valence-corrected chi connectivity index (χ2v) is 10.5. The number of hydrogen-bond acceptors (Lipinski definition) is 3. The molecule has 35 heavy (non-hydrogen) atoms. The topological polar surface area (TPSA) is 67.0 Å². The van der Waals surface area contributed by atoms with E-state index in [9.17, 15) is 4.79 Å². The van der Waals surface area contributed by atoms with Crippen LogP contribution in [0.4, 0.5) is 5.69 Å². The van der Waals surface area contributed by atoms with Gasteiger partial charge in [0.1, 0.15) is 11.6 Å². The second-order valence-electron chi connectivity index (χ2n) is 10.5. The molecule has 0 spiro atoms. The third-order valence-electron chi connectivity index (χ3n) is 6.83. The van der Waals surface area contributed by atoms with Crippen LogP contribution in [0, 0.1) is 0 Å². The molecule has 3 aromatic carbocycles. The van der Waals surface area contributed by atoms with Crippen molar-refractivity contribution < 1.29 is 9.53 Å². The summed E-state index contributed by atoms with van der Waals surface area (Å²) in [5.41, 5.74) is 4.19. The van der Waals surface area contributed by atoms with Crippen LogP contribution >= 0.6 is 0 Å². The van der Waals surface area contributed by atoms with E-state index in [-0.39, 0.29) is 11.3 Å². The number of fused-ring (bicyclic) bond motifs is 1. The van der Waals surface area contributed by atoms with Crippen molar-refractivity contribution in [3.05, 3.63) is 83.7 Å². The van der Waals surface area contributed by atoms with Gasteiger partial charge >= 0.3 is 0 Å². The molecule has 1 fully saturated rings. The van der Waals surface area contributed by atoms with Crippen molar-refractivity contribution in [3.63, 3.8) is 0 Å². The Morgan fingerprint density at radius 1 is 0.971 bits per heavy atom. The van der Waals surface area contributed by atoms with Crippen molar-refractivity contribution in [1.29, 1.82) is 0 Å². The summed E-state index contributed by atoms with van der Waals surface area (Å²) in [5, 5.41) is 3.07. The van der Waals surface area contributed by atoms with E-state index in [4.69, 9.17) is 9.72 Å². The lowest BCUT2D eigenvalue weighted by atomic mass is 9.87. The van der Waals surface area contributed by atoms with Gasteiger partial charge in [0.15, 0.2) is 5.75 Å². The van der Waals surface area contributed by atoms with E-state index in [1.165, 1.54) is 37.7 Å². The number of rotatable bonds is 5. The fourth-order valence-electron chi connectivity index (χ4n) is 4.74. The normalized spacial score (nSPS) is 14.7. The van der Waals surface area contributed by atoms with E-state index in [2.05, 4.69) is 31.1 Å². The number of amides is 1. The van der Waals surface area contributed by atoms with Crippen molar-refractivity contribution in [2.45, 2.75) is 64.2 Å². The van der Waals surface area contributed by atoms with Gasteiger partial charge in [0.2, 0.25) is 0 Å². The fourth-order valence-corrected chi connectivity index (χ4v) is 4.74. The zero-order valence-corrected chi connectivity index (χ0v) is 20.7. The molecule has 1 saturated carbocycles. The Balaban J connectivity index is 1.47. The van der Waals surface area contributed by atoms with Crippen LogP contribution in [0.2, 0.25) is 0 Å². The standard InChI is InChI=1S/C30H33N3O2/c1-30(2,3)22-16-14-21(15-17-22)29(34)33-26-18-24-25(19-27(26)35-23-12-8-5-9-13-23)32-28(31-24)20-10-6-4-7-11-20/h5,8-9,12-20H,4,6-7,10-11H2,1-3H3,(H,31,32)(H,33,34). The molecular formula is C30H33N3O2. The maximum atomic E-state index is 13.2. The Morgan fingerprint density at radius 2 is 1.69 bits per heavy atom. The number of para-hydroxylation sites is 1. The predicted molar refractivity (Wildman–Crippen MR) is 142 cm³/mol. The second kappa shape index (κ2) is 9.57. The van der Waals surface area contributed by atoms with Gasteiger partial charge < -0.3 is 15.0 Å². The number of H-pyrrole nitrogens is 1. The van der Waals surface area contributed by atoms with E-state index in [0.29, 0.717) is 28.7 Å². The number of ether oxygens (including phenoxy) is 1. The van der Waals surface area contributed by atoms with Gasteiger partial charge in [-0.3, -0.25) is 4.79 Å². The highest BCUT2D eigenvalue weighted by molar-refractivity contribution is 6.06. The van der Waals surface area contributed by atoms with Gasteiger partial charge in [-0.05, 0) is 54.2 Å². The summed E-state index contributed by atoms with van der Waals surface area (Å²) in [5.74, 6) is 2.62. The molecule has 0 aliphatic heterocycles. The Hall–Kier alpha value is -3.60. The van der Waals surface area contributed by atoms with Crippen LogP contribution in [0.15, 0.2) is 66.7 Å². The molecule has 2 N–H and O–H groups in total. The molecular weight excluding hydrogens is 434 g/mol. The highest BCUT2D eigenvalue weighted by Crippen LogP contribution is 2.36. The van der Waals surface area contributed by atoms with Crippen molar-refractivity contribution in [2.24, 2.45) is 0 Å². The number of benzene rings is 3. The summed E-state index contributed by atoms with van der Waals surface area (Å²) >= 11 is 0. The summed E-state index contributed by atoms with van der Waals surface area (Å²) in [4.78, 5) is 21.6. The van der Waals surface area contributed by atoms with Gasteiger partial charge in [0.05, 0.1) is 16.7 Å². The van der Waals surface area contributed by atoms with Crippen molar-refractivity contribution >= 4 is 22.6 Å². The molecule has 5 rings (SSSR count). The molecule has 0 unspecified atom stereocenters. The highest BCUT2D eigenvalue weighted by Gasteiger charge is 2.21. The zero-order chi connectivity index (χ0) is 24.4. The first-order valence-corrected chi connectivity index (χ1v) is 12.6. The number of aromatic amines is 1. The summed E-state index contributed by atoms with van der Waals surface area (Å²) in [7, 11) is 0. The first-order valence-electron chi connectivity index (χ1n) is 12.6. The molecule has 1 aliphatic carbocycles. The molecule has 180 valence electrons. The third kappa shape index (κ3) is 5.24. The molecule has 0 atom stereocenters. The Morgan fingerprint density at radius 3 is 2.37 bits per heavy atom. The highest BCUT2D eigenvalue weighted by atomic mass is 16.5. The van der Waals surface area contributed by atoms with Crippen molar-refractivity contribution in [3.8, 4) is 11.5 Å². The molecule has 4 aromatic rings. The van der Waals surface area contributed by atoms with Crippen molar-refractivity contribution in [1.82, 2.24) is 9.97 Å². The monoisotopic (exact) mass is 467 g/mol. The van der Waals surface area contributed by atoms with Crippen LogP contribution in [0.1, 0.15) is 80.5 Å². The van der Waals surface area contributed by atoms with Crippen molar-refractivity contribution in [2.75, 3.05) is 5.32 Å². The third-order valence-corrected chi connectivity index (χ3v) is 6.83. The molecule has 0 radical (unpaired) electrons. The number of anilines is 1. The number of aromatic nitrogens is 2. The molecule has 0 bridgehead atoms. The minimum Gasteiger partial charge on any atom is -0.455 e. The maximum absolute atomic E-state index is 13.2. The molecule has 1 amide bonds. The van der Waals surface area contributed by atoms with Crippen LogP contribution in [-0.2, 0) is 5.41 Å². The average molecular weight is 468 g/mol. The first-order chi connectivity index (χ1) is 16.9. The van der Waals surface area contributed by atoms with E-state index in [1.54, 1.807) is 0 Å². The lowest BCUT2D eigenvalue weighted by Crippen LogP contribution is -2.14. The van der Waals surface area contributed by atoms with Gasteiger partial charge in [-0.1, -0.05) is 70.4 Å². The van der Waals surface area contributed by atoms with E-state index in [0.717, 1.165) is 16.9 Å². The molecule has 1 aromatic heterocycles. The van der Waals surface area contributed by atoms with E-state index in [1.807, 2.05) is 66.7 Å². The lowest BCUT2D eigenvalue weighted by Gasteiger charge is -2.19. The number of hydrogen-bond donors (Lipinski definition) is 2. The number of carbonyl (C=O) groups is 1. The number of imidazole rings is 1. The quantitative estimate of drug-likeness (QED) is 0.313. The summed E-state index contributed by atoms with van der Waals surface area (Å²) < 4.78 is 6.21. The predicted octanol–water partition coefficient (Wildman–Crippen LogP) is 7.95. The van der Waals surface area contributed by atoms with Crippen LogP contribution in [0.25, 0.3) is 11.0 Å². The van der Waals surface area contributed by atoms with E-state index >= 15 is 0 Å². The number of nitrogens with zero attached hydrogens (tertiary/aromatic N) is 1. The average Bonchev–Trinajstić information content (AvgIpc) is 3.28. The summed E-state index contributed by atoms with van der Waals surface area (Å²) in [6, 6.07) is 21.3. The molecule has 1 aliphatic rings. The zero-order valence-electron chi connectivity index (χ0n) is 20.7. The van der Waals surface area contributed by atoms with Gasteiger partial charge in [-0.25, -0.2) is 4.98 Å². The van der Waals surface area contributed by atoms with Gasteiger partial charge in [0.25, 0.3) is 5.91 Å². The fraction of sp³-hybridized carbons (Fsp3) is 0.333. The van der Waals surface area contributed by atoms with Gasteiger partial charge in [-0.2, -0.15) is 0 Å². The van der Waals surface area contributed by atoms with Crippen LogP contribution < -0.4 is 10.1 Å². The summed E-state index contributed by atoms with van der Waals surface area (Å²) in [6.45, 7) is 6.49. The summed E-state index contributed by atoms with van der Waals surface area (Å²) in [6.07, 6.45) is 6.14. The maximum Gasteiger partial charge on any atom is 0.255 e. The van der Waals surface area contributed by atoms with Crippen LogP contribution in [0.5, 0.6) is 11.5 Å². The van der Waals surface area contributed by atoms with Gasteiger partial charge in [-0.15, -0.1) is 0 Å². The first kappa shape index (κ1) is 23.2.